The van der Waals surface area contributed by atoms with Gasteiger partial charge in [-0.15, -0.1) is 11.8 Å². The molecule has 1 N–H and O–H groups in total. The van der Waals surface area contributed by atoms with Crippen LogP contribution in [-0.4, -0.2) is 17.3 Å². The van der Waals surface area contributed by atoms with Crippen molar-refractivity contribution in [3.05, 3.63) is 28.0 Å². The molecule has 0 saturated heterocycles. The molecule has 0 radical (unpaired) electrons. The van der Waals surface area contributed by atoms with Gasteiger partial charge in [-0.3, -0.25) is 4.79 Å². The van der Waals surface area contributed by atoms with Gasteiger partial charge in [-0.25, -0.2) is 4.39 Å². The van der Waals surface area contributed by atoms with E-state index in [-0.39, 0.29) is 12.2 Å². The average molecular weight is 279 g/mol. The molecule has 0 aliphatic carbocycles. The van der Waals surface area contributed by atoms with E-state index in [9.17, 15) is 9.18 Å². The Balaban J connectivity index is 3.07. The van der Waals surface area contributed by atoms with Crippen molar-refractivity contribution in [1.82, 2.24) is 0 Å². The molecule has 0 heterocycles. The first kappa shape index (κ1) is 11.5. The van der Waals surface area contributed by atoms with E-state index in [1.54, 1.807) is 12.3 Å². The molecular formula is C9H8BrFO2S. The minimum Gasteiger partial charge on any atom is -0.481 e. The van der Waals surface area contributed by atoms with E-state index in [1.807, 2.05) is 0 Å². The van der Waals surface area contributed by atoms with Gasteiger partial charge in [-0.05, 0) is 39.9 Å². The Labute approximate surface area is 93.6 Å². The Morgan fingerprint density at radius 2 is 2.29 bits per heavy atom. The average Bonchev–Trinajstić information content (AvgIpc) is 2.01. The number of carbonyl (C=O) groups is 1. The minimum absolute atomic E-state index is 0.163. The quantitative estimate of drug-likeness (QED) is 0.864. The molecule has 76 valence electrons. The molecule has 14 heavy (non-hydrogen) atoms. The molecule has 0 aliphatic rings. The number of aliphatic carboxylic acids is 1. The number of hydrogen-bond donors (Lipinski definition) is 1. The Bertz CT molecular complexity index is 345. The fourth-order valence-corrected chi connectivity index (χ4v) is 2.56. The first-order chi connectivity index (χ1) is 6.54. The molecule has 0 unspecified atom stereocenters. The van der Waals surface area contributed by atoms with Crippen LogP contribution in [0.1, 0.15) is 5.56 Å². The highest BCUT2D eigenvalue weighted by Gasteiger charge is 2.09. The molecule has 1 aromatic rings. The van der Waals surface area contributed by atoms with Crippen molar-refractivity contribution in [3.8, 4) is 0 Å². The van der Waals surface area contributed by atoms with Gasteiger partial charge < -0.3 is 5.11 Å². The van der Waals surface area contributed by atoms with Crippen LogP contribution < -0.4 is 0 Å². The summed E-state index contributed by atoms with van der Waals surface area (Å²) in [6.07, 6.45) is 1.60. The second kappa shape index (κ2) is 4.79. The zero-order valence-electron chi connectivity index (χ0n) is 7.38. The van der Waals surface area contributed by atoms with Crippen LogP contribution in [0, 0.1) is 5.82 Å². The molecule has 1 aromatic carbocycles. The second-order valence-electron chi connectivity index (χ2n) is 2.66. The van der Waals surface area contributed by atoms with E-state index in [1.165, 1.54) is 17.8 Å². The summed E-state index contributed by atoms with van der Waals surface area (Å²) in [6.45, 7) is 0. The van der Waals surface area contributed by atoms with E-state index in [2.05, 4.69) is 15.9 Å². The van der Waals surface area contributed by atoms with Gasteiger partial charge in [0.05, 0.1) is 11.3 Å². The second-order valence-corrected chi connectivity index (χ2v) is 4.33. The number of thioether (sulfide) groups is 1. The third-order valence-electron chi connectivity index (χ3n) is 1.62. The van der Waals surface area contributed by atoms with Crippen molar-refractivity contribution in [2.45, 2.75) is 11.3 Å². The molecule has 0 spiro atoms. The maximum absolute atomic E-state index is 13.3. The number of benzene rings is 1. The summed E-state index contributed by atoms with van der Waals surface area (Å²) in [6, 6.07) is 2.88. The summed E-state index contributed by atoms with van der Waals surface area (Å²) >= 11 is 4.47. The maximum atomic E-state index is 13.3. The first-order valence-corrected chi connectivity index (χ1v) is 5.80. The van der Waals surface area contributed by atoms with Crippen molar-refractivity contribution in [1.29, 1.82) is 0 Å². The highest BCUT2D eigenvalue weighted by Crippen LogP contribution is 2.29. The van der Waals surface area contributed by atoms with Crippen molar-refractivity contribution in [2.75, 3.05) is 6.26 Å². The van der Waals surface area contributed by atoms with Crippen molar-refractivity contribution in [2.24, 2.45) is 0 Å². The molecule has 1 rings (SSSR count). The lowest BCUT2D eigenvalue weighted by atomic mass is 10.1. The van der Waals surface area contributed by atoms with Crippen LogP contribution in [0.25, 0.3) is 0 Å². The number of rotatable bonds is 3. The van der Waals surface area contributed by atoms with E-state index in [0.717, 1.165) is 0 Å². The molecule has 0 aromatic heterocycles. The Kier molecular flexibility index (Phi) is 3.95. The normalized spacial score (nSPS) is 10.2. The zero-order chi connectivity index (χ0) is 10.7. The van der Waals surface area contributed by atoms with Crippen LogP contribution in [0.3, 0.4) is 0 Å². The molecule has 0 aliphatic heterocycles. The summed E-state index contributed by atoms with van der Waals surface area (Å²) in [5.74, 6) is -1.35. The number of carboxylic acids is 1. The van der Waals surface area contributed by atoms with E-state index < -0.39 is 5.97 Å². The van der Waals surface area contributed by atoms with Gasteiger partial charge in [-0.2, -0.15) is 0 Å². The van der Waals surface area contributed by atoms with Crippen LogP contribution in [0.4, 0.5) is 4.39 Å². The Morgan fingerprint density at radius 3 is 2.71 bits per heavy atom. The molecule has 0 bridgehead atoms. The van der Waals surface area contributed by atoms with Crippen LogP contribution in [0.2, 0.25) is 0 Å². The van der Waals surface area contributed by atoms with E-state index >= 15 is 0 Å². The van der Waals surface area contributed by atoms with Crippen molar-refractivity contribution in [3.63, 3.8) is 0 Å². The minimum atomic E-state index is -0.965. The maximum Gasteiger partial charge on any atom is 0.307 e. The summed E-state index contributed by atoms with van der Waals surface area (Å²) in [5.41, 5.74) is 0.458. The molecular weight excluding hydrogens is 271 g/mol. The molecule has 0 atom stereocenters. The van der Waals surface area contributed by atoms with Gasteiger partial charge in [0.15, 0.2) is 0 Å². The zero-order valence-corrected chi connectivity index (χ0v) is 9.78. The van der Waals surface area contributed by atoms with Crippen molar-refractivity contribution < 1.29 is 14.3 Å². The first-order valence-electron chi connectivity index (χ1n) is 3.78. The van der Waals surface area contributed by atoms with Gasteiger partial charge in [-0.1, -0.05) is 0 Å². The lowest BCUT2D eigenvalue weighted by Gasteiger charge is -2.05. The Hall–Kier alpha value is -0.550. The van der Waals surface area contributed by atoms with Gasteiger partial charge in [0, 0.05) is 4.47 Å². The number of hydrogen-bond acceptors (Lipinski definition) is 2. The lowest BCUT2D eigenvalue weighted by molar-refractivity contribution is -0.136. The summed E-state index contributed by atoms with van der Waals surface area (Å²) in [5, 5.41) is 8.53. The van der Waals surface area contributed by atoms with Crippen molar-refractivity contribution >= 4 is 33.7 Å². The number of carboxylic acid groups (broad SMARTS) is 1. The van der Waals surface area contributed by atoms with Gasteiger partial charge in [0.25, 0.3) is 0 Å². The molecule has 2 nitrogen and oxygen atoms in total. The highest BCUT2D eigenvalue weighted by atomic mass is 79.9. The van der Waals surface area contributed by atoms with Gasteiger partial charge in [0.2, 0.25) is 0 Å². The molecule has 0 saturated carbocycles. The predicted molar refractivity (Wildman–Crippen MR) is 57.2 cm³/mol. The molecule has 5 heteroatoms. The standard InChI is InChI=1S/C9H8BrFO2S/c1-14-9-6(10)2-5(3-7(9)11)4-8(12)13/h2-3H,4H2,1H3,(H,12,13). The lowest BCUT2D eigenvalue weighted by Crippen LogP contribution is -2.01. The van der Waals surface area contributed by atoms with E-state index in [0.29, 0.717) is 14.9 Å². The monoisotopic (exact) mass is 278 g/mol. The summed E-state index contributed by atoms with van der Waals surface area (Å²) < 4.78 is 13.9. The Morgan fingerprint density at radius 1 is 1.64 bits per heavy atom. The molecule has 0 fully saturated rings. The summed E-state index contributed by atoms with van der Waals surface area (Å²) in [7, 11) is 0. The van der Waals surface area contributed by atoms with Crippen LogP contribution in [0.15, 0.2) is 21.5 Å². The fraction of sp³-hybridized carbons (Fsp3) is 0.222. The van der Waals surface area contributed by atoms with Crippen LogP contribution >= 0.6 is 27.7 Å². The van der Waals surface area contributed by atoms with Gasteiger partial charge >= 0.3 is 5.97 Å². The van der Waals surface area contributed by atoms with Crippen LogP contribution in [-0.2, 0) is 11.2 Å². The topological polar surface area (TPSA) is 37.3 Å². The summed E-state index contributed by atoms with van der Waals surface area (Å²) in [4.78, 5) is 10.9. The SMILES string of the molecule is CSc1c(F)cc(CC(=O)O)cc1Br. The highest BCUT2D eigenvalue weighted by molar-refractivity contribution is 9.10. The van der Waals surface area contributed by atoms with Gasteiger partial charge in [0.1, 0.15) is 5.82 Å². The number of halogens is 2. The van der Waals surface area contributed by atoms with E-state index in [4.69, 9.17) is 5.11 Å². The largest absolute Gasteiger partial charge is 0.481 e. The third-order valence-corrected chi connectivity index (χ3v) is 3.33. The fourth-order valence-electron chi connectivity index (χ4n) is 1.08. The smallest absolute Gasteiger partial charge is 0.307 e. The molecule has 0 amide bonds. The third kappa shape index (κ3) is 2.72. The predicted octanol–water partition coefficient (Wildman–Crippen LogP) is 2.94. The van der Waals surface area contributed by atoms with Crippen LogP contribution in [0.5, 0.6) is 0 Å².